The first kappa shape index (κ1) is 18.5. The van der Waals surface area contributed by atoms with Gasteiger partial charge in [0.15, 0.2) is 0 Å². The zero-order valence-corrected chi connectivity index (χ0v) is 16.0. The van der Waals surface area contributed by atoms with E-state index in [1.807, 2.05) is 52.3 Å². The molecule has 0 aromatic heterocycles. The van der Waals surface area contributed by atoms with Crippen molar-refractivity contribution in [2.24, 2.45) is 11.8 Å². The zero-order chi connectivity index (χ0) is 19.5. The maximum absolute atomic E-state index is 13.2. The van der Waals surface area contributed by atoms with E-state index in [0.717, 1.165) is 36.5 Å². The second-order valence-corrected chi connectivity index (χ2v) is 7.85. The molecule has 4 rings (SSSR count). The van der Waals surface area contributed by atoms with E-state index in [1.54, 1.807) is 0 Å². The summed E-state index contributed by atoms with van der Waals surface area (Å²) in [6.45, 7) is 2.50. The van der Waals surface area contributed by atoms with E-state index in [9.17, 15) is 9.59 Å². The number of piperidine rings is 2. The van der Waals surface area contributed by atoms with Crippen molar-refractivity contribution in [2.45, 2.75) is 25.7 Å². The van der Waals surface area contributed by atoms with Gasteiger partial charge >= 0.3 is 0 Å². The molecule has 0 saturated carbocycles. The minimum Gasteiger partial charge on any atom is -0.342 e. The molecule has 2 saturated heterocycles. The van der Waals surface area contributed by atoms with E-state index in [4.69, 9.17) is 5.26 Å². The van der Waals surface area contributed by atoms with Crippen molar-refractivity contribution in [2.75, 3.05) is 26.2 Å². The van der Waals surface area contributed by atoms with E-state index in [0.29, 0.717) is 31.7 Å². The first-order valence-corrected chi connectivity index (χ1v) is 10.1. The molecule has 0 aliphatic carbocycles. The summed E-state index contributed by atoms with van der Waals surface area (Å²) in [7, 11) is 0. The van der Waals surface area contributed by atoms with E-state index < -0.39 is 0 Å². The lowest BCUT2D eigenvalue weighted by Gasteiger charge is -2.37. The smallest absolute Gasteiger partial charge is 0.254 e. The van der Waals surface area contributed by atoms with Crippen LogP contribution in [0.15, 0.2) is 42.5 Å². The predicted molar refractivity (Wildman–Crippen MR) is 107 cm³/mol. The number of hydrogen-bond donors (Lipinski definition) is 0. The third-order valence-electron chi connectivity index (χ3n) is 6.07. The molecule has 2 heterocycles. The molecule has 5 heteroatoms. The van der Waals surface area contributed by atoms with Gasteiger partial charge in [0.2, 0.25) is 5.91 Å². The summed E-state index contributed by atoms with van der Waals surface area (Å²) in [6.07, 6.45) is 3.19. The molecule has 28 heavy (non-hydrogen) atoms. The predicted octanol–water partition coefficient (Wildman–Crippen LogP) is 3.45. The van der Waals surface area contributed by atoms with Crippen LogP contribution in [-0.4, -0.2) is 47.8 Å². The highest BCUT2D eigenvalue weighted by Crippen LogP contribution is 2.26. The normalized spacial score (nSPS) is 20.8. The van der Waals surface area contributed by atoms with Gasteiger partial charge < -0.3 is 9.80 Å². The number of rotatable bonds is 2. The lowest BCUT2D eigenvalue weighted by molar-refractivity contribution is -0.138. The third kappa shape index (κ3) is 3.60. The van der Waals surface area contributed by atoms with Crippen LogP contribution in [0.25, 0.3) is 10.8 Å². The molecular formula is C23H25N3O2. The summed E-state index contributed by atoms with van der Waals surface area (Å²) in [4.78, 5) is 29.9. The minimum absolute atomic E-state index is 0.0116. The van der Waals surface area contributed by atoms with Gasteiger partial charge in [0, 0.05) is 37.7 Å². The molecule has 0 radical (unpaired) electrons. The average molecular weight is 375 g/mol. The van der Waals surface area contributed by atoms with Crippen molar-refractivity contribution in [1.82, 2.24) is 9.80 Å². The van der Waals surface area contributed by atoms with Crippen LogP contribution in [0, 0.1) is 23.2 Å². The summed E-state index contributed by atoms with van der Waals surface area (Å²) >= 11 is 0. The van der Waals surface area contributed by atoms with Crippen molar-refractivity contribution in [3.05, 3.63) is 48.0 Å². The largest absolute Gasteiger partial charge is 0.342 e. The molecule has 0 spiro atoms. The van der Waals surface area contributed by atoms with Gasteiger partial charge in [-0.05, 0) is 42.5 Å². The monoisotopic (exact) mass is 375 g/mol. The molecule has 2 aromatic rings. The first-order chi connectivity index (χ1) is 13.7. The Labute approximate surface area is 165 Å². The first-order valence-electron chi connectivity index (χ1n) is 10.1. The summed E-state index contributed by atoms with van der Waals surface area (Å²) in [6, 6.07) is 16.0. The van der Waals surface area contributed by atoms with Crippen molar-refractivity contribution in [1.29, 1.82) is 5.26 Å². The summed E-state index contributed by atoms with van der Waals surface area (Å²) < 4.78 is 0. The molecular weight excluding hydrogens is 350 g/mol. The van der Waals surface area contributed by atoms with Gasteiger partial charge in [0.1, 0.15) is 0 Å². The number of nitriles is 1. The fourth-order valence-corrected chi connectivity index (χ4v) is 4.43. The Morgan fingerprint density at radius 1 is 0.929 bits per heavy atom. The molecule has 2 aliphatic rings. The number of amides is 2. The number of nitrogens with zero attached hydrogens (tertiary/aromatic N) is 3. The van der Waals surface area contributed by atoms with Crippen LogP contribution in [0.3, 0.4) is 0 Å². The van der Waals surface area contributed by atoms with Crippen LogP contribution in [-0.2, 0) is 4.79 Å². The van der Waals surface area contributed by atoms with Crippen LogP contribution in [0.2, 0.25) is 0 Å². The second kappa shape index (κ2) is 8.02. The Morgan fingerprint density at radius 2 is 1.68 bits per heavy atom. The standard InChI is InChI=1S/C23H25N3O2/c24-15-17-10-13-25(14-11-17)22(27)19-7-4-12-26(16-19)23(28)21-9-3-6-18-5-1-2-8-20(18)21/h1-3,5-6,8-9,17,19H,4,7,10-14,16H2. The highest BCUT2D eigenvalue weighted by molar-refractivity contribution is 6.07. The molecule has 0 bridgehead atoms. The molecule has 0 N–H and O–H groups in total. The van der Waals surface area contributed by atoms with Crippen LogP contribution in [0.1, 0.15) is 36.0 Å². The lowest BCUT2D eigenvalue weighted by atomic mass is 9.93. The van der Waals surface area contributed by atoms with Gasteiger partial charge in [-0.3, -0.25) is 9.59 Å². The van der Waals surface area contributed by atoms with Crippen molar-refractivity contribution < 1.29 is 9.59 Å². The van der Waals surface area contributed by atoms with Crippen LogP contribution in [0.4, 0.5) is 0 Å². The van der Waals surface area contributed by atoms with Gasteiger partial charge in [-0.2, -0.15) is 5.26 Å². The van der Waals surface area contributed by atoms with Gasteiger partial charge in [0.05, 0.1) is 12.0 Å². The summed E-state index contributed by atoms with van der Waals surface area (Å²) in [5.74, 6) is 0.0930. The summed E-state index contributed by atoms with van der Waals surface area (Å²) in [5.41, 5.74) is 0.709. The van der Waals surface area contributed by atoms with Gasteiger partial charge in [-0.15, -0.1) is 0 Å². The number of hydrogen-bond acceptors (Lipinski definition) is 3. The van der Waals surface area contributed by atoms with E-state index in [-0.39, 0.29) is 23.7 Å². The van der Waals surface area contributed by atoms with Crippen LogP contribution < -0.4 is 0 Å². The van der Waals surface area contributed by atoms with Gasteiger partial charge in [-0.25, -0.2) is 0 Å². The number of fused-ring (bicyclic) bond motifs is 1. The van der Waals surface area contributed by atoms with Gasteiger partial charge in [-0.1, -0.05) is 36.4 Å². The molecule has 2 fully saturated rings. The van der Waals surface area contributed by atoms with Crippen molar-refractivity contribution in [3.63, 3.8) is 0 Å². The number of carbonyl (C=O) groups is 2. The Hall–Kier alpha value is -2.87. The quantitative estimate of drug-likeness (QED) is 0.807. The Kier molecular flexibility index (Phi) is 5.29. The SMILES string of the molecule is N#CC1CCN(C(=O)C2CCCN(C(=O)c3cccc4ccccc34)C2)CC1. The fraction of sp³-hybridized carbons (Fsp3) is 0.435. The number of benzene rings is 2. The maximum Gasteiger partial charge on any atom is 0.254 e. The molecule has 2 aliphatic heterocycles. The van der Waals surface area contributed by atoms with Crippen LogP contribution in [0.5, 0.6) is 0 Å². The zero-order valence-electron chi connectivity index (χ0n) is 16.0. The number of likely N-dealkylation sites (tertiary alicyclic amines) is 2. The lowest BCUT2D eigenvalue weighted by Crippen LogP contribution is -2.48. The fourth-order valence-electron chi connectivity index (χ4n) is 4.43. The Balaban J connectivity index is 1.47. The third-order valence-corrected chi connectivity index (χ3v) is 6.07. The molecule has 5 nitrogen and oxygen atoms in total. The van der Waals surface area contributed by atoms with E-state index >= 15 is 0 Å². The number of carbonyl (C=O) groups excluding carboxylic acids is 2. The van der Waals surface area contributed by atoms with E-state index in [1.165, 1.54) is 0 Å². The average Bonchev–Trinajstić information content (AvgIpc) is 2.78. The van der Waals surface area contributed by atoms with Crippen molar-refractivity contribution >= 4 is 22.6 Å². The highest BCUT2D eigenvalue weighted by atomic mass is 16.2. The van der Waals surface area contributed by atoms with Gasteiger partial charge in [0.25, 0.3) is 5.91 Å². The van der Waals surface area contributed by atoms with Crippen molar-refractivity contribution in [3.8, 4) is 6.07 Å². The second-order valence-electron chi connectivity index (χ2n) is 7.85. The topological polar surface area (TPSA) is 64.4 Å². The molecule has 1 atom stereocenters. The molecule has 2 aromatic carbocycles. The Morgan fingerprint density at radius 3 is 2.46 bits per heavy atom. The minimum atomic E-state index is -0.133. The Bertz CT molecular complexity index is 920. The van der Waals surface area contributed by atoms with E-state index in [2.05, 4.69) is 6.07 Å². The maximum atomic E-state index is 13.2. The summed E-state index contributed by atoms with van der Waals surface area (Å²) in [5, 5.41) is 11.1. The van der Waals surface area contributed by atoms with Crippen LogP contribution >= 0.6 is 0 Å². The molecule has 1 unspecified atom stereocenters. The molecule has 2 amide bonds. The molecule has 144 valence electrons. The highest BCUT2D eigenvalue weighted by Gasteiger charge is 2.33.